The van der Waals surface area contributed by atoms with Gasteiger partial charge in [0.1, 0.15) is 0 Å². The average molecular weight is 244 g/mol. The smallest absolute Gasteiger partial charge is 1.00 e. The van der Waals surface area contributed by atoms with Crippen LogP contribution in [0, 0.1) is 0 Å². The molecule has 0 saturated heterocycles. The van der Waals surface area contributed by atoms with E-state index in [0.29, 0.717) is 11.4 Å². The van der Waals surface area contributed by atoms with Gasteiger partial charge < -0.3 is 17.2 Å². The van der Waals surface area contributed by atoms with Crippen molar-refractivity contribution in [2.45, 2.75) is 0 Å². The molecule has 1 rings (SSSR count). The van der Waals surface area contributed by atoms with Gasteiger partial charge in [-0.05, 0) is 24.3 Å². The number of nitrogens with two attached hydrogens (primary N) is 1. The monoisotopic (exact) mass is 244 g/mol. The van der Waals surface area contributed by atoms with Gasteiger partial charge in [-0.2, -0.15) is 0 Å². The van der Waals surface area contributed by atoms with Crippen LogP contribution in [0.2, 0.25) is 0 Å². The zero-order valence-electron chi connectivity index (χ0n) is 10.8. The molecule has 17 heavy (non-hydrogen) atoms. The fraction of sp³-hybridized carbons (Fsp3) is 0.0909. The number of ether oxygens (including phenoxy) is 1. The molecule has 6 heteroatoms. The van der Waals surface area contributed by atoms with Crippen LogP contribution in [0.25, 0.3) is 0 Å². The molecule has 0 spiro atoms. The first-order chi connectivity index (χ1) is 7.61. The van der Waals surface area contributed by atoms with Gasteiger partial charge >= 0.3 is 35.5 Å². The van der Waals surface area contributed by atoms with E-state index in [9.17, 15) is 9.59 Å². The molecule has 0 aliphatic carbocycles. The summed E-state index contributed by atoms with van der Waals surface area (Å²) in [4.78, 5) is 22.0. The Morgan fingerprint density at radius 1 is 1.29 bits per heavy atom. The summed E-state index contributed by atoms with van der Waals surface area (Å²) in [6.07, 6.45) is 2.15. The first-order valence-corrected chi connectivity index (χ1v) is 4.54. The molecule has 0 aliphatic heterocycles. The molecule has 3 N–H and O–H groups in total. The van der Waals surface area contributed by atoms with Crippen molar-refractivity contribution >= 4 is 23.3 Å². The van der Waals surface area contributed by atoms with Gasteiger partial charge in [0.05, 0.1) is 7.11 Å². The molecule has 1 aromatic rings. The van der Waals surface area contributed by atoms with Gasteiger partial charge in [-0.15, -0.1) is 0 Å². The van der Waals surface area contributed by atoms with Crippen molar-refractivity contribution in [2.75, 3.05) is 18.2 Å². The molecule has 0 aliphatic rings. The molecule has 0 fully saturated rings. The number of nitrogen functional groups attached to an aromatic ring is 1. The number of hydrogen-bond acceptors (Lipinski definition) is 4. The maximum absolute atomic E-state index is 11.3. The van der Waals surface area contributed by atoms with Crippen LogP contribution in [0.4, 0.5) is 11.4 Å². The summed E-state index contributed by atoms with van der Waals surface area (Å²) in [6.45, 7) is 0. The van der Waals surface area contributed by atoms with Crippen molar-refractivity contribution in [1.82, 2.24) is 0 Å². The molecule has 0 radical (unpaired) electrons. The van der Waals surface area contributed by atoms with Gasteiger partial charge in [0.25, 0.3) is 0 Å². The quantitative estimate of drug-likeness (QED) is 0.280. The van der Waals surface area contributed by atoms with E-state index in [-0.39, 0.29) is 31.0 Å². The molecule has 1 aromatic carbocycles. The second kappa shape index (κ2) is 7.89. The Bertz CT molecular complexity index is 421. The van der Waals surface area contributed by atoms with Gasteiger partial charge in [0.15, 0.2) is 0 Å². The fourth-order valence-corrected chi connectivity index (χ4v) is 0.962. The standard InChI is InChI=1S/C11H12N2O3.Na.H/c1-16-11(15)7-6-10(14)13-9-4-2-8(12)3-5-9;;/h2-7H,12H2,1H3,(H,13,14);;/q;+1;-1/b7-6-;;. The van der Waals surface area contributed by atoms with E-state index >= 15 is 0 Å². The van der Waals surface area contributed by atoms with Crippen LogP contribution in [0.5, 0.6) is 0 Å². The summed E-state index contributed by atoms with van der Waals surface area (Å²) in [5.74, 6) is -0.984. The van der Waals surface area contributed by atoms with E-state index in [0.717, 1.165) is 12.2 Å². The number of amides is 1. The Kier molecular flexibility index (Phi) is 7.29. The second-order valence-corrected chi connectivity index (χ2v) is 2.97. The van der Waals surface area contributed by atoms with E-state index in [1.807, 2.05) is 0 Å². The minimum absolute atomic E-state index is 0. The molecule has 0 saturated carbocycles. The second-order valence-electron chi connectivity index (χ2n) is 2.97. The molecule has 86 valence electrons. The topological polar surface area (TPSA) is 81.4 Å². The van der Waals surface area contributed by atoms with E-state index in [2.05, 4.69) is 10.1 Å². The van der Waals surface area contributed by atoms with Crippen LogP contribution >= 0.6 is 0 Å². The zero-order valence-corrected chi connectivity index (χ0v) is 11.8. The molecule has 0 bridgehead atoms. The Hall–Kier alpha value is -1.30. The number of nitrogens with one attached hydrogen (secondary N) is 1. The molecule has 5 nitrogen and oxygen atoms in total. The maximum atomic E-state index is 11.3. The van der Waals surface area contributed by atoms with E-state index in [1.165, 1.54) is 7.11 Å². The summed E-state index contributed by atoms with van der Waals surface area (Å²) in [6, 6.07) is 6.66. The summed E-state index contributed by atoms with van der Waals surface area (Å²) < 4.78 is 4.34. The molecule has 1 amide bonds. The first-order valence-electron chi connectivity index (χ1n) is 4.54. The largest absolute Gasteiger partial charge is 1.00 e. The Labute approximate surface area is 123 Å². The van der Waals surface area contributed by atoms with Gasteiger partial charge in [-0.25, -0.2) is 4.79 Å². The van der Waals surface area contributed by atoms with Gasteiger partial charge in [-0.3, -0.25) is 4.79 Å². The number of hydrogen-bond donors (Lipinski definition) is 2. The van der Waals surface area contributed by atoms with Crippen LogP contribution in [0.15, 0.2) is 36.4 Å². The normalized spacial score (nSPS) is 9.47. The molecular formula is C11H13N2NaO3. The van der Waals surface area contributed by atoms with Crippen molar-refractivity contribution in [2.24, 2.45) is 0 Å². The van der Waals surface area contributed by atoms with Crippen molar-refractivity contribution < 1.29 is 45.3 Å². The van der Waals surface area contributed by atoms with Crippen molar-refractivity contribution in [1.29, 1.82) is 0 Å². The molecular weight excluding hydrogens is 231 g/mol. The number of methoxy groups -OCH3 is 1. The number of esters is 1. The average Bonchev–Trinajstić information content (AvgIpc) is 2.29. The zero-order chi connectivity index (χ0) is 12.0. The summed E-state index contributed by atoms with van der Waals surface area (Å²) >= 11 is 0. The number of rotatable bonds is 3. The third-order valence-corrected chi connectivity index (χ3v) is 1.75. The van der Waals surface area contributed by atoms with E-state index in [4.69, 9.17) is 5.73 Å². The van der Waals surface area contributed by atoms with E-state index < -0.39 is 11.9 Å². The summed E-state index contributed by atoms with van der Waals surface area (Å²) in [7, 11) is 1.24. The predicted molar refractivity (Wildman–Crippen MR) is 61.8 cm³/mol. The summed E-state index contributed by atoms with van der Waals surface area (Å²) in [5, 5.41) is 2.56. The molecule has 0 heterocycles. The van der Waals surface area contributed by atoms with E-state index in [1.54, 1.807) is 24.3 Å². The Morgan fingerprint density at radius 3 is 2.41 bits per heavy atom. The van der Waals surface area contributed by atoms with Crippen LogP contribution in [-0.2, 0) is 14.3 Å². The van der Waals surface area contributed by atoms with Crippen molar-refractivity contribution in [3.63, 3.8) is 0 Å². The summed E-state index contributed by atoms with van der Waals surface area (Å²) in [5.41, 5.74) is 6.71. The molecule has 0 atom stereocenters. The number of carbonyl (C=O) groups excluding carboxylic acids is 2. The van der Waals surface area contributed by atoms with Gasteiger partial charge in [-0.1, -0.05) is 0 Å². The molecule has 0 aromatic heterocycles. The van der Waals surface area contributed by atoms with Crippen LogP contribution < -0.4 is 40.6 Å². The van der Waals surface area contributed by atoms with Crippen molar-refractivity contribution in [3.8, 4) is 0 Å². The van der Waals surface area contributed by atoms with Gasteiger partial charge in [0, 0.05) is 23.5 Å². The Balaban J connectivity index is 0. The number of anilines is 2. The Morgan fingerprint density at radius 2 is 1.88 bits per heavy atom. The minimum Gasteiger partial charge on any atom is -1.00 e. The third-order valence-electron chi connectivity index (χ3n) is 1.75. The van der Waals surface area contributed by atoms with Crippen LogP contribution in [0.3, 0.4) is 0 Å². The predicted octanol–water partition coefficient (Wildman–Crippen LogP) is -1.95. The fourth-order valence-electron chi connectivity index (χ4n) is 0.962. The van der Waals surface area contributed by atoms with Gasteiger partial charge in [0.2, 0.25) is 5.91 Å². The third kappa shape index (κ3) is 6.11. The maximum Gasteiger partial charge on any atom is 1.00 e. The van der Waals surface area contributed by atoms with Crippen LogP contribution in [-0.4, -0.2) is 19.0 Å². The SMILES string of the molecule is COC(=O)/C=C\C(=O)Nc1ccc(N)cc1.[H-].[Na+]. The van der Waals surface area contributed by atoms with Crippen LogP contribution in [0.1, 0.15) is 1.43 Å². The number of carbonyl (C=O) groups is 2. The van der Waals surface area contributed by atoms with Crippen molar-refractivity contribution in [3.05, 3.63) is 36.4 Å². The molecule has 0 unspecified atom stereocenters. The first kappa shape index (κ1) is 15.7. The minimum atomic E-state index is -0.576. The number of benzene rings is 1.